The van der Waals surface area contributed by atoms with Gasteiger partial charge in [-0.25, -0.2) is 0 Å². The van der Waals surface area contributed by atoms with E-state index < -0.39 is 33.8 Å². The summed E-state index contributed by atoms with van der Waals surface area (Å²) >= 11 is 0. The van der Waals surface area contributed by atoms with Crippen molar-refractivity contribution in [1.29, 1.82) is 0 Å². The molecular weight excluding hydrogens is 472 g/mol. The molecule has 4 aliphatic carbocycles. The third kappa shape index (κ3) is 6.88. The second kappa shape index (κ2) is 10.5. The summed E-state index contributed by atoms with van der Waals surface area (Å²) in [4.78, 5) is 40.4. The fraction of sp³-hybridized carbons (Fsp3) is 0.900. The number of hydrogen-bond donors (Lipinski definition) is 1. The van der Waals surface area contributed by atoms with Crippen LogP contribution in [-0.2, 0) is 28.6 Å². The maximum absolute atomic E-state index is 13.9. The Balaban J connectivity index is 1.85. The molecule has 0 spiro atoms. The number of ether oxygens (including phenoxy) is 3. The standard InChI is InChI=1S/C30H50O7/c1-9-28(7,24(33)37-30-15-20-12-21(16-30)14-22(13-20)17-30)19-29(8,25(34)36-26(2,3)4)18-27(5,6)23(32)35-11-10-31/h20-22,31H,9-19H2,1-8H3. The van der Waals surface area contributed by atoms with Crippen molar-refractivity contribution in [3.8, 4) is 0 Å². The summed E-state index contributed by atoms with van der Waals surface area (Å²) in [5.74, 6) is 0.794. The maximum Gasteiger partial charge on any atom is 0.312 e. The topological polar surface area (TPSA) is 99.1 Å². The van der Waals surface area contributed by atoms with Crippen molar-refractivity contribution in [3.05, 3.63) is 0 Å². The highest BCUT2D eigenvalue weighted by Crippen LogP contribution is 2.58. The molecule has 7 heteroatoms. The maximum atomic E-state index is 13.9. The fourth-order valence-electron chi connectivity index (χ4n) is 7.67. The van der Waals surface area contributed by atoms with Crippen LogP contribution in [-0.4, -0.2) is 47.4 Å². The summed E-state index contributed by atoms with van der Waals surface area (Å²) in [5.41, 5.74) is -4.17. The van der Waals surface area contributed by atoms with Gasteiger partial charge in [0.1, 0.15) is 17.8 Å². The molecule has 4 bridgehead atoms. The van der Waals surface area contributed by atoms with Crippen molar-refractivity contribution in [1.82, 2.24) is 0 Å². The zero-order valence-electron chi connectivity index (χ0n) is 24.4. The van der Waals surface area contributed by atoms with Crippen LogP contribution in [0, 0.1) is 34.0 Å². The number of aliphatic hydroxyl groups is 1. The molecular formula is C30H50O7. The van der Waals surface area contributed by atoms with Crippen LogP contribution in [0.4, 0.5) is 0 Å². The van der Waals surface area contributed by atoms with E-state index in [1.54, 1.807) is 20.8 Å². The lowest BCUT2D eigenvalue weighted by molar-refractivity contribution is -0.200. The van der Waals surface area contributed by atoms with E-state index in [2.05, 4.69) is 0 Å². The molecule has 0 aromatic heterocycles. The number of carbonyl (C=O) groups excluding carboxylic acids is 3. The Morgan fingerprint density at radius 2 is 1.30 bits per heavy atom. The number of hydrogen-bond acceptors (Lipinski definition) is 7. The summed E-state index contributed by atoms with van der Waals surface area (Å²) < 4.78 is 17.5. The van der Waals surface area contributed by atoms with E-state index in [-0.39, 0.29) is 37.6 Å². The van der Waals surface area contributed by atoms with Crippen LogP contribution in [0.5, 0.6) is 0 Å². The first-order valence-electron chi connectivity index (χ1n) is 14.2. The molecule has 0 aromatic carbocycles. The van der Waals surface area contributed by atoms with E-state index in [1.165, 1.54) is 19.3 Å². The molecule has 0 aromatic rings. The first-order valence-corrected chi connectivity index (χ1v) is 14.2. The Morgan fingerprint density at radius 1 is 0.784 bits per heavy atom. The predicted molar refractivity (Wildman–Crippen MR) is 140 cm³/mol. The van der Waals surface area contributed by atoms with E-state index >= 15 is 0 Å². The highest BCUT2D eigenvalue weighted by atomic mass is 16.6. The van der Waals surface area contributed by atoms with Crippen molar-refractivity contribution in [2.24, 2.45) is 34.0 Å². The highest BCUT2D eigenvalue weighted by molar-refractivity contribution is 5.83. The molecule has 4 rings (SSSR count). The van der Waals surface area contributed by atoms with Crippen molar-refractivity contribution in [2.45, 2.75) is 124 Å². The third-order valence-electron chi connectivity index (χ3n) is 8.95. The van der Waals surface area contributed by atoms with Crippen LogP contribution < -0.4 is 0 Å². The highest BCUT2D eigenvalue weighted by Gasteiger charge is 2.56. The molecule has 0 amide bonds. The van der Waals surface area contributed by atoms with Crippen molar-refractivity contribution in [3.63, 3.8) is 0 Å². The van der Waals surface area contributed by atoms with Gasteiger partial charge in [0, 0.05) is 0 Å². The summed E-state index contributed by atoms with van der Waals surface area (Å²) in [6.45, 7) is 14.1. The number of carbonyl (C=O) groups is 3. The monoisotopic (exact) mass is 522 g/mol. The molecule has 37 heavy (non-hydrogen) atoms. The van der Waals surface area contributed by atoms with E-state index in [1.807, 2.05) is 34.6 Å². The van der Waals surface area contributed by atoms with Crippen LogP contribution in [0.3, 0.4) is 0 Å². The minimum absolute atomic E-state index is 0.102. The third-order valence-corrected chi connectivity index (χ3v) is 8.95. The number of aliphatic hydroxyl groups excluding tert-OH is 1. The van der Waals surface area contributed by atoms with Crippen molar-refractivity contribution >= 4 is 17.9 Å². The van der Waals surface area contributed by atoms with E-state index in [0.29, 0.717) is 24.2 Å². The van der Waals surface area contributed by atoms with Gasteiger partial charge in [-0.1, -0.05) is 6.92 Å². The van der Waals surface area contributed by atoms with Crippen LogP contribution in [0.1, 0.15) is 113 Å². The van der Waals surface area contributed by atoms with Crippen LogP contribution >= 0.6 is 0 Å². The minimum atomic E-state index is -1.14. The molecule has 7 nitrogen and oxygen atoms in total. The Kier molecular flexibility index (Phi) is 8.49. The number of rotatable bonds is 11. The Labute approximate surface area is 223 Å². The molecule has 0 radical (unpaired) electrons. The smallest absolute Gasteiger partial charge is 0.312 e. The normalized spacial score (nSPS) is 30.2. The quantitative estimate of drug-likeness (QED) is 0.278. The van der Waals surface area contributed by atoms with E-state index in [4.69, 9.17) is 19.3 Å². The van der Waals surface area contributed by atoms with Crippen LogP contribution in [0.15, 0.2) is 0 Å². The lowest BCUT2D eigenvalue weighted by Gasteiger charge is -2.56. The average Bonchev–Trinajstić information content (AvgIpc) is 2.74. The Bertz CT molecular complexity index is 834. The van der Waals surface area contributed by atoms with Gasteiger partial charge in [0.2, 0.25) is 0 Å². The molecule has 4 fully saturated rings. The zero-order chi connectivity index (χ0) is 27.9. The number of esters is 3. The molecule has 2 atom stereocenters. The van der Waals surface area contributed by atoms with Crippen molar-refractivity contribution < 1.29 is 33.7 Å². The summed E-state index contributed by atoms with van der Waals surface area (Å²) in [6, 6.07) is 0. The van der Waals surface area contributed by atoms with Gasteiger partial charge in [-0.15, -0.1) is 0 Å². The molecule has 0 aliphatic heterocycles. The summed E-state index contributed by atoms with van der Waals surface area (Å²) in [7, 11) is 0. The van der Waals surface area contributed by atoms with Gasteiger partial charge >= 0.3 is 17.9 Å². The van der Waals surface area contributed by atoms with Gasteiger partial charge in [0.25, 0.3) is 0 Å². The summed E-state index contributed by atoms with van der Waals surface area (Å²) in [5, 5.41) is 9.09. The zero-order valence-corrected chi connectivity index (χ0v) is 24.4. The predicted octanol–water partition coefficient (Wildman–Crippen LogP) is 5.60. The van der Waals surface area contributed by atoms with E-state index in [0.717, 1.165) is 19.3 Å². The molecule has 4 saturated carbocycles. The molecule has 1 N–H and O–H groups in total. The average molecular weight is 523 g/mol. The van der Waals surface area contributed by atoms with Crippen LogP contribution in [0.25, 0.3) is 0 Å². The molecule has 2 unspecified atom stereocenters. The lowest BCUT2D eigenvalue weighted by atomic mass is 9.54. The second-order valence-corrected chi connectivity index (χ2v) is 14.6. The van der Waals surface area contributed by atoms with Crippen LogP contribution in [0.2, 0.25) is 0 Å². The molecule has 0 saturated heterocycles. The van der Waals surface area contributed by atoms with Gasteiger partial charge < -0.3 is 19.3 Å². The molecule has 212 valence electrons. The first kappa shape index (κ1) is 29.9. The van der Waals surface area contributed by atoms with Crippen molar-refractivity contribution in [2.75, 3.05) is 13.2 Å². The Hall–Kier alpha value is -1.63. The summed E-state index contributed by atoms with van der Waals surface area (Å²) in [6.07, 6.45) is 7.51. The van der Waals surface area contributed by atoms with Gasteiger partial charge in [0.15, 0.2) is 0 Å². The lowest BCUT2D eigenvalue weighted by Crippen LogP contribution is -2.54. The SMILES string of the molecule is CCC(C)(CC(C)(CC(C)(C)C(=O)OCCO)C(=O)OC(C)(C)C)C(=O)OC12CC3CC(CC(C3)C1)C2. The molecule has 4 aliphatic rings. The van der Waals surface area contributed by atoms with Gasteiger partial charge in [-0.2, -0.15) is 0 Å². The Morgan fingerprint density at radius 3 is 1.73 bits per heavy atom. The minimum Gasteiger partial charge on any atom is -0.463 e. The fourth-order valence-corrected chi connectivity index (χ4v) is 7.67. The van der Waals surface area contributed by atoms with Gasteiger partial charge in [-0.3, -0.25) is 14.4 Å². The second-order valence-electron chi connectivity index (χ2n) is 14.6. The largest absolute Gasteiger partial charge is 0.463 e. The van der Waals surface area contributed by atoms with E-state index in [9.17, 15) is 14.4 Å². The first-order chi connectivity index (χ1) is 16.9. The van der Waals surface area contributed by atoms with Gasteiger partial charge in [-0.05, 0) is 124 Å². The van der Waals surface area contributed by atoms with Gasteiger partial charge in [0.05, 0.1) is 22.9 Å². The molecule has 0 heterocycles.